The third-order valence-electron chi connectivity index (χ3n) is 6.47. The van der Waals surface area contributed by atoms with Crippen molar-refractivity contribution < 1.29 is 28.5 Å². The number of nitrogens with one attached hydrogen (secondary N) is 1. The van der Waals surface area contributed by atoms with Gasteiger partial charge in [-0.15, -0.1) is 0 Å². The van der Waals surface area contributed by atoms with Gasteiger partial charge in [-0.2, -0.15) is 0 Å². The average Bonchev–Trinajstić information content (AvgIpc) is 2.92. The van der Waals surface area contributed by atoms with E-state index in [2.05, 4.69) is 34.5 Å². The molecule has 2 saturated heterocycles. The second-order valence-corrected chi connectivity index (χ2v) is 9.00. The van der Waals surface area contributed by atoms with E-state index in [4.69, 9.17) is 18.9 Å². The second kappa shape index (κ2) is 12.7. The molecular weight excluding hydrogens is 462 g/mol. The maximum absolute atomic E-state index is 13.3. The summed E-state index contributed by atoms with van der Waals surface area (Å²) in [5, 5.41) is 3.19. The molecule has 2 amide bonds. The number of carbonyl (C=O) groups excluding carboxylic acids is 2. The monoisotopic (exact) mass is 497 g/mol. The van der Waals surface area contributed by atoms with Gasteiger partial charge in [-0.1, -0.05) is 29.8 Å². The fourth-order valence-electron chi connectivity index (χ4n) is 4.29. The van der Waals surface area contributed by atoms with Gasteiger partial charge in [0.1, 0.15) is 0 Å². The normalized spacial score (nSPS) is 17.3. The van der Waals surface area contributed by atoms with Crippen molar-refractivity contribution >= 4 is 11.8 Å². The largest absolute Gasteiger partial charge is 0.493 e. The highest BCUT2D eigenvalue weighted by molar-refractivity contribution is 5.95. The molecule has 194 valence electrons. The lowest BCUT2D eigenvalue weighted by atomic mass is 10.0. The first-order valence-electron chi connectivity index (χ1n) is 12.4. The minimum absolute atomic E-state index is 0.100. The molecule has 9 heteroatoms. The highest BCUT2D eigenvalue weighted by Gasteiger charge is 2.22. The SMILES string of the molecule is COc1cc(C(=O)N[C@H](CN2CCOCC2)c2ccc(C)cc2)ccc1OCC(=O)N1CCOCC1. The molecule has 2 fully saturated rings. The summed E-state index contributed by atoms with van der Waals surface area (Å²) in [4.78, 5) is 29.7. The molecule has 4 rings (SSSR count). The van der Waals surface area contributed by atoms with Crippen molar-refractivity contribution in [2.24, 2.45) is 0 Å². The Labute approximate surface area is 212 Å². The molecule has 0 aliphatic carbocycles. The Morgan fingerprint density at radius 2 is 1.61 bits per heavy atom. The quantitative estimate of drug-likeness (QED) is 0.567. The first kappa shape index (κ1) is 25.9. The Hall–Kier alpha value is -3.14. The van der Waals surface area contributed by atoms with Crippen LogP contribution in [0.2, 0.25) is 0 Å². The van der Waals surface area contributed by atoms with E-state index in [1.165, 1.54) is 12.7 Å². The number of hydrogen-bond donors (Lipinski definition) is 1. The van der Waals surface area contributed by atoms with Crippen molar-refractivity contribution in [3.05, 3.63) is 59.2 Å². The van der Waals surface area contributed by atoms with E-state index < -0.39 is 0 Å². The number of carbonyl (C=O) groups is 2. The van der Waals surface area contributed by atoms with Crippen LogP contribution in [-0.2, 0) is 14.3 Å². The van der Waals surface area contributed by atoms with Gasteiger partial charge in [0.25, 0.3) is 11.8 Å². The zero-order chi connectivity index (χ0) is 25.3. The van der Waals surface area contributed by atoms with E-state index in [0.717, 1.165) is 18.7 Å². The minimum Gasteiger partial charge on any atom is -0.493 e. The number of benzene rings is 2. The highest BCUT2D eigenvalue weighted by Crippen LogP contribution is 2.28. The lowest BCUT2D eigenvalue weighted by Gasteiger charge is -2.31. The van der Waals surface area contributed by atoms with Crippen molar-refractivity contribution in [3.8, 4) is 11.5 Å². The first-order valence-corrected chi connectivity index (χ1v) is 12.4. The molecule has 0 aromatic heterocycles. The summed E-state index contributed by atoms with van der Waals surface area (Å²) in [6, 6.07) is 13.1. The smallest absolute Gasteiger partial charge is 0.260 e. The molecule has 1 atom stereocenters. The lowest BCUT2D eigenvalue weighted by Crippen LogP contribution is -2.43. The van der Waals surface area contributed by atoms with E-state index in [-0.39, 0.29) is 24.5 Å². The van der Waals surface area contributed by atoms with Crippen LogP contribution in [0.5, 0.6) is 11.5 Å². The average molecular weight is 498 g/mol. The van der Waals surface area contributed by atoms with Crippen LogP contribution in [0, 0.1) is 6.92 Å². The van der Waals surface area contributed by atoms with Gasteiger partial charge in [-0.3, -0.25) is 14.5 Å². The molecule has 0 spiro atoms. The fraction of sp³-hybridized carbons (Fsp3) is 0.481. The van der Waals surface area contributed by atoms with Gasteiger partial charge in [0.2, 0.25) is 0 Å². The van der Waals surface area contributed by atoms with Gasteiger partial charge in [-0.05, 0) is 30.7 Å². The van der Waals surface area contributed by atoms with E-state index in [1.807, 2.05) is 6.92 Å². The van der Waals surface area contributed by atoms with Gasteiger partial charge >= 0.3 is 0 Å². The number of morpholine rings is 2. The summed E-state index contributed by atoms with van der Waals surface area (Å²) >= 11 is 0. The first-order chi connectivity index (χ1) is 17.5. The van der Waals surface area contributed by atoms with E-state index in [0.29, 0.717) is 63.1 Å². The Balaban J connectivity index is 1.43. The van der Waals surface area contributed by atoms with Crippen LogP contribution in [0.15, 0.2) is 42.5 Å². The number of methoxy groups -OCH3 is 1. The zero-order valence-electron chi connectivity index (χ0n) is 21.0. The molecule has 0 bridgehead atoms. The van der Waals surface area contributed by atoms with Crippen LogP contribution < -0.4 is 14.8 Å². The third-order valence-corrected chi connectivity index (χ3v) is 6.47. The molecule has 0 unspecified atom stereocenters. The lowest BCUT2D eigenvalue weighted by molar-refractivity contribution is -0.137. The Bertz CT molecular complexity index is 1020. The standard InChI is InChI=1S/C27H35N3O6/c1-20-3-5-21(6-4-20)23(18-29-9-13-34-14-10-29)28-27(32)22-7-8-24(25(17-22)33-2)36-19-26(31)30-11-15-35-16-12-30/h3-8,17,23H,9-16,18-19H2,1-2H3,(H,28,32)/t23-/m1/s1. The second-order valence-electron chi connectivity index (χ2n) is 9.00. The van der Waals surface area contributed by atoms with Crippen molar-refractivity contribution in [2.45, 2.75) is 13.0 Å². The molecular formula is C27H35N3O6. The molecule has 1 N–H and O–H groups in total. The van der Waals surface area contributed by atoms with E-state index in [9.17, 15) is 9.59 Å². The Morgan fingerprint density at radius 3 is 2.28 bits per heavy atom. The minimum atomic E-state index is -0.205. The summed E-state index contributed by atoms with van der Waals surface area (Å²) in [6.07, 6.45) is 0. The Kier molecular flexibility index (Phi) is 9.16. The van der Waals surface area contributed by atoms with Crippen molar-refractivity contribution in [3.63, 3.8) is 0 Å². The van der Waals surface area contributed by atoms with Gasteiger partial charge in [0, 0.05) is 38.3 Å². The molecule has 2 aromatic carbocycles. The van der Waals surface area contributed by atoms with Gasteiger partial charge in [0.05, 0.1) is 39.6 Å². The predicted molar refractivity (Wildman–Crippen MR) is 135 cm³/mol. The van der Waals surface area contributed by atoms with Crippen LogP contribution >= 0.6 is 0 Å². The van der Waals surface area contributed by atoms with Gasteiger partial charge in [-0.25, -0.2) is 0 Å². The molecule has 0 saturated carbocycles. The van der Waals surface area contributed by atoms with Crippen LogP contribution in [-0.4, -0.2) is 94.5 Å². The van der Waals surface area contributed by atoms with E-state index in [1.54, 1.807) is 23.1 Å². The maximum atomic E-state index is 13.3. The van der Waals surface area contributed by atoms with Crippen molar-refractivity contribution in [1.29, 1.82) is 0 Å². The molecule has 2 heterocycles. The predicted octanol–water partition coefficient (Wildman–Crippen LogP) is 2.04. The summed E-state index contributed by atoms with van der Waals surface area (Å²) in [7, 11) is 1.52. The molecule has 2 aliphatic rings. The van der Waals surface area contributed by atoms with Crippen molar-refractivity contribution in [1.82, 2.24) is 15.1 Å². The third kappa shape index (κ3) is 6.96. The summed E-state index contributed by atoms with van der Waals surface area (Å²) in [6.45, 7) is 7.89. The summed E-state index contributed by atoms with van der Waals surface area (Å²) in [5.41, 5.74) is 2.68. The van der Waals surface area contributed by atoms with Crippen molar-refractivity contribution in [2.75, 3.05) is 72.9 Å². The summed E-state index contributed by atoms with van der Waals surface area (Å²) in [5.74, 6) is 0.505. The van der Waals surface area contributed by atoms with Crippen LogP contribution in [0.3, 0.4) is 0 Å². The molecule has 0 radical (unpaired) electrons. The number of nitrogens with zero attached hydrogens (tertiary/aromatic N) is 2. The fourth-order valence-corrected chi connectivity index (χ4v) is 4.29. The van der Waals surface area contributed by atoms with Gasteiger partial charge < -0.3 is 29.2 Å². The highest BCUT2D eigenvalue weighted by atomic mass is 16.5. The number of hydrogen-bond acceptors (Lipinski definition) is 7. The Morgan fingerprint density at radius 1 is 0.944 bits per heavy atom. The number of ether oxygens (including phenoxy) is 4. The van der Waals surface area contributed by atoms with Crippen LogP contribution in [0.1, 0.15) is 27.5 Å². The number of amides is 2. The number of rotatable bonds is 9. The molecule has 2 aromatic rings. The number of aryl methyl sites for hydroxylation is 1. The summed E-state index contributed by atoms with van der Waals surface area (Å²) < 4.78 is 22.0. The zero-order valence-corrected chi connectivity index (χ0v) is 21.0. The molecule has 2 aliphatic heterocycles. The molecule has 9 nitrogen and oxygen atoms in total. The topological polar surface area (TPSA) is 89.6 Å². The van der Waals surface area contributed by atoms with Gasteiger partial charge in [0.15, 0.2) is 18.1 Å². The molecule has 36 heavy (non-hydrogen) atoms. The van der Waals surface area contributed by atoms with E-state index >= 15 is 0 Å². The maximum Gasteiger partial charge on any atom is 0.260 e. The van der Waals surface area contributed by atoms with Crippen LogP contribution in [0.4, 0.5) is 0 Å². The van der Waals surface area contributed by atoms with Crippen LogP contribution in [0.25, 0.3) is 0 Å².